The Morgan fingerprint density at radius 2 is 1.48 bits per heavy atom. The predicted octanol–water partition coefficient (Wildman–Crippen LogP) is 2.70. The van der Waals surface area contributed by atoms with Crippen LogP contribution in [0.4, 0.5) is 0 Å². The smallest absolute Gasteiger partial charge is 0.251 e. The molecule has 0 bridgehead atoms. The summed E-state index contributed by atoms with van der Waals surface area (Å²) in [6.45, 7) is 3.02. The summed E-state index contributed by atoms with van der Waals surface area (Å²) < 4.78 is 0. The quantitative estimate of drug-likeness (QED) is 0.863. The highest BCUT2D eigenvalue weighted by Crippen LogP contribution is 2.35. The second-order valence-electron chi connectivity index (χ2n) is 7.46. The van der Waals surface area contributed by atoms with Crippen LogP contribution in [0, 0.1) is 0 Å². The van der Waals surface area contributed by atoms with E-state index in [1.165, 1.54) is 51.4 Å². The average Bonchev–Trinajstić information content (AvgIpc) is 2.67. The predicted molar refractivity (Wildman–Crippen MR) is 98.5 cm³/mol. The molecule has 0 atom stereocenters. The summed E-state index contributed by atoms with van der Waals surface area (Å²) in [4.78, 5) is 26.3. The lowest BCUT2D eigenvalue weighted by molar-refractivity contribution is 0.0326. The molecule has 0 unspecified atom stereocenters. The molecule has 1 aromatic carbocycles. The number of hydrogen-bond acceptors (Lipinski definition) is 3. The summed E-state index contributed by atoms with van der Waals surface area (Å²) >= 11 is 0. The second-order valence-corrected chi connectivity index (χ2v) is 7.46. The third kappa shape index (κ3) is 4.21. The molecule has 25 heavy (non-hydrogen) atoms. The third-order valence-corrected chi connectivity index (χ3v) is 5.82. The van der Waals surface area contributed by atoms with Crippen LogP contribution in [0.3, 0.4) is 0 Å². The summed E-state index contributed by atoms with van der Waals surface area (Å²) in [5.41, 5.74) is 6.38. The second kappa shape index (κ2) is 8.00. The van der Waals surface area contributed by atoms with Gasteiger partial charge in [-0.2, -0.15) is 0 Å². The van der Waals surface area contributed by atoms with Gasteiger partial charge in [-0.3, -0.25) is 14.5 Å². The van der Waals surface area contributed by atoms with Crippen molar-refractivity contribution in [2.75, 3.05) is 19.6 Å². The minimum atomic E-state index is -0.474. The summed E-state index contributed by atoms with van der Waals surface area (Å²) in [6, 6.07) is 6.56. The summed E-state index contributed by atoms with van der Waals surface area (Å²) in [7, 11) is 0. The van der Waals surface area contributed by atoms with Gasteiger partial charge in [0.25, 0.3) is 5.91 Å². The number of hydrogen-bond donors (Lipinski definition) is 2. The number of nitrogens with two attached hydrogens (primary N) is 1. The number of benzene rings is 1. The van der Waals surface area contributed by atoms with E-state index in [0.29, 0.717) is 17.7 Å². The Labute approximate surface area is 150 Å². The van der Waals surface area contributed by atoms with E-state index in [4.69, 9.17) is 5.73 Å². The molecule has 2 amide bonds. The van der Waals surface area contributed by atoms with Crippen molar-refractivity contribution in [2.45, 2.75) is 56.9 Å². The van der Waals surface area contributed by atoms with Crippen molar-refractivity contribution >= 4 is 11.8 Å². The van der Waals surface area contributed by atoms with Crippen LogP contribution in [0.5, 0.6) is 0 Å². The van der Waals surface area contributed by atoms with E-state index in [2.05, 4.69) is 10.2 Å². The average molecular weight is 343 g/mol. The van der Waals surface area contributed by atoms with Gasteiger partial charge >= 0.3 is 0 Å². The zero-order valence-electron chi connectivity index (χ0n) is 14.9. The first-order chi connectivity index (χ1) is 12.1. The number of nitrogens with one attached hydrogen (secondary N) is 1. The van der Waals surface area contributed by atoms with Gasteiger partial charge in [-0.05, 0) is 63.0 Å². The summed E-state index contributed by atoms with van der Waals surface area (Å²) in [5, 5.41) is 3.16. The highest BCUT2D eigenvalue weighted by molar-refractivity contribution is 5.97. The van der Waals surface area contributed by atoms with Crippen LogP contribution in [-0.4, -0.2) is 41.9 Å². The number of amides is 2. The maximum atomic E-state index is 12.5. The minimum absolute atomic E-state index is 0.0713. The Balaban J connectivity index is 1.65. The largest absolute Gasteiger partial charge is 0.366 e. The lowest BCUT2D eigenvalue weighted by Gasteiger charge is -2.48. The molecule has 3 rings (SSSR count). The molecule has 136 valence electrons. The molecule has 1 aromatic rings. The fraction of sp³-hybridized carbons (Fsp3) is 0.600. The van der Waals surface area contributed by atoms with Crippen molar-refractivity contribution < 1.29 is 9.59 Å². The zero-order chi connectivity index (χ0) is 17.7. The molecule has 0 spiro atoms. The van der Waals surface area contributed by atoms with Gasteiger partial charge in [0.15, 0.2) is 0 Å². The standard InChI is InChI=1S/C20H29N3O2/c21-18(24)16-7-9-17(10-8-16)19(25)22-15-20(11-3-1-4-12-20)23-13-5-2-6-14-23/h7-10H,1-6,11-15H2,(H2,21,24)(H,22,25). The molecule has 2 aliphatic rings. The van der Waals surface area contributed by atoms with Crippen molar-refractivity contribution in [3.8, 4) is 0 Å². The molecule has 0 radical (unpaired) electrons. The highest BCUT2D eigenvalue weighted by Gasteiger charge is 2.38. The van der Waals surface area contributed by atoms with Gasteiger partial charge < -0.3 is 11.1 Å². The van der Waals surface area contributed by atoms with Crippen molar-refractivity contribution in [1.82, 2.24) is 10.2 Å². The normalized spacial score (nSPS) is 20.8. The van der Waals surface area contributed by atoms with Gasteiger partial charge in [0.2, 0.25) is 5.91 Å². The number of rotatable bonds is 5. The topological polar surface area (TPSA) is 75.4 Å². The van der Waals surface area contributed by atoms with E-state index >= 15 is 0 Å². The number of carbonyl (C=O) groups excluding carboxylic acids is 2. The summed E-state index contributed by atoms with van der Waals surface area (Å²) in [6.07, 6.45) is 10.0. The lowest BCUT2D eigenvalue weighted by atomic mass is 9.79. The third-order valence-electron chi connectivity index (χ3n) is 5.82. The van der Waals surface area contributed by atoms with Gasteiger partial charge in [0.05, 0.1) is 0 Å². The Kier molecular flexibility index (Phi) is 5.74. The number of carbonyl (C=O) groups is 2. The van der Waals surface area contributed by atoms with E-state index in [0.717, 1.165) is 13.1 Å². The molecule has 5 heteroatoms. The van der Waals surface area contributed by atoms with Crippen LogP contribution in [0.25, 0.3) is 0 Å². The number of piperidine rings is 1. The molecule has 1 saturated carbocycles. The van der Waals surface area contributed by atoms with Gasteiger partial charge in [-0.15, -0.1) is 0 Å². The van der Waals surface area contributed by atoms with Gasteiger partial charge in [0, 0.05) is 23.2 Å². The van der Waals surface area contributed by atoms with E-state index < -0.39 is 5.91 Å². The van der Waals surface area contributed by atoms with Crippen LogP contribution in [0.1, 0.15) is 72.1 Å². The zero-order valence-corrected chi connectivity index (χ0v) is 14.9. The SMILES string of the molecule is NC(=O)c1ccc(C(=O)NCC2(N3CCCCC3)CCCCC2)cc1. The molecular formula is C20H29N3O2. The van der Waals surface area contributed by atoms with Crippen molar-refractivity contribution in [1.29, 1.82) is 0 Å². The molecule has 1 heterocycles. The van der Waals surface area contributed by atoms with Crippen LogP contribution >= 0.6 is 0 Å². The van der Waals surface area contributed by atoms with E-state index in [1.54, 1.807) is 24.3 Å². The number of likely N-dealkylation sites (tertiary alicyclic amines) is 1. The van der Waals surface area contributed by atoms with Crippen LogP contribution in [-0.2, 0) is 0 Å². The minimum Gasteiger partial charge on any atom is -0.366 e. The maximum absolute atomic E-state index is 12.5. The van der Waals surface area contributed by atoms with Gasteiger partial charge in [-0.1, -0.05) is 25.7 Å². The molecular weight excluding hydrogens is 314 g/mol. The Morgan fingerprint density at radius 3 is 2.08 bits per heavy atom. The fourth-order valence-electron chi connectivity index (χ4n) is 4.32. The molecule has 1 saturated heterocycles. The monoisotopic (exact) mass is 343 g/mol. The summed E-state index contributed by atoms with van der Waals surface area (Å²) in [5.74, 6) is -0.545. The van der Waals surface area contributed by atoms with E-state index in [1.807, 2.05) is 0 Å². The van der Waals surface area contributed by atoms with E-state index in [9.17, 15) is 9.59 Å². The van der Waals surface area contributed by atoms with Gasteiger partial charge in [-0.25, -0.2) is 0 Å². The highest BCUT2D eigenvalue weighted by atomic mass is 16.2. The van der Waals surface area contributed by atoms with Crippen LogP contribution in [0.15, 0.2) is 24.3 Å². The number of nitrogens with zero attached hydrogens (tertiary/aromatic N) is 1. The Morgan fingerprint density at radius 1 is 0.920 bits per heavy atom. The Bertz CT molecular complexity index is 600. The molecule has 5 nitrogen and oxygen atoms in total. The van der Waals surface area contributed by atoms with Crippen LogP contribution in [0.2, 0.25) is 0 Å². The molecule has 2 fully saturated rings. The fourth-order valence-corrected chi connectivity index (χ4v) is 4.32. The molecule has 3 N–H and O–H groups in total. The first-order valence-electron chi connectivity index (χ1n) is 9.54. The van der Waals surface area contributed by atoms with Gasteiger partial charge in [0.1, 0.15) is 0 Å². The molecule has 1 aliphatic carbocycles. The van der Waals surface area contributed by atoms with Crippen molar-refractivity contribution in [2.24, 2.45) is 5.73 Å². The first kappa shape index (κ1) is 17.9. The van der Waals surface area contributed by atoms with Crippen molar-refractivity contribution in [3.63, 3.8) is 0 Å². The molecule has 0 aromatic heterocycles. The van der Waals surface area contributed by atoms with Crippen LogP contribution < -0.4 is 11.1 Å². The lowest BCUT2D eigenvalue weighted by Crippen LogP contribution is -2.58. The maximum Gasteiger partial charge on any atom is 0.251 e. The van der Waals surface area contributed by atoms with E-state index in [-0.39, 0.29) is 11.4 Å². The Hall–Kier alpha value is -1.88. The van der Waals surface area contributed by atoms with Crippen molar-refractivity contribution in [3.05, 3.63) is 35.4 Å². The molecule has 1 aliphatic heterocycles. The first-order valence-corrected chi connectivity index (χ1v) is 9.54. The number of primary amides is 1.